The van der Waals surface area contributed by atoms with Crippen molar-refractivity contribution in [3.05, 3.63) is 11.6 Å². The zero-order chi connectivity index (χ0) is 11.0. The Kier molecular flexibility index (Phi) is 2.27. The molecule has 4 heteroatoms. The first-order valence-electron chi connectivity index (χ1n) is 5.63. The van der Waals surface area contributed by atoms with Crippen LogP contribution < -0.4 is 19.5 Å². The van der Waals surface area contributed by atoms with E-state index in [1.54, 1.807) is 7.11 Å². The van der Waals surface area contributed by atoms with Crippen molar-refractivity contribution in [2.24, 2.45) is 0 Å². The van der Waals surface area contributed by atoms with E-state index in [1.165, 1.54) is 5.56 Å². The van der Waals surface area contributed by atoms with Crippen molar-refractivity contribution in [3.8, 4) is 17.2 Å². The maximum atomic E-state index is 5.63. The van der Waals surface area contributed by atoms with Gasteiger partial charge < -0.3 is 19.5 Å². The fourth-order valence-electron chi connectivity index (χ4n) is 2.30. The summed E-state index contributed by atoms with van der Waals surface area (Å²) >= 11 is 0. The third-order valence-electron chi connectivity index (χ3n) is 3.02. The van der Waals surface area contributed by atoms with Gasteiger partial charge in [0.2, 0.25) is 5.75 Å². The number of hydrogen-bond acceptors (Lipinski definition) is 4. The maximum absolute atomic E-state index is 5.63. The molecule has 0 spiro atoms. The van der Waals surface area contributed by atoms with E-state index in [-0.39, 0.29) is 0 Å². The van der Waals surface area contributed by atoms with Crippen LogP contribution in [-0.2, 0) is 6.42 Å². The predicted octanol–water partition coefficient (Wildman–Crippen LogP) is 1.82. The topological polar surface area (TPSA) is 39.7 Å². The highest BCUT2D eigenvalue weighted by Gasteiger charge is 2.24. The van der Waals surface area contributed by atoms with E-state index >= 15 is 0 Å². The van der Waals surface area contributed by atoms with Crippen molar-refractivity contribution in [1.82, 2.24) is 0 Å². The lowest BCUT2D eigenvalue weighted by molar-refractivity contribution is 0.165. The predicted molar refractivity (Wildman–Crippen MR) is 60.8 cm³/mol. The van der Waals surface area contributed by atoms with E-state index < -0.39 is 0 Å². The number of hydrogen-bond donors (Lipinski definition) is 1. The molecule has 3 rings (SSSR count). The smallest absolute Gasteiger partial charge is 0.204 e. The second-order valence-corrected chi connectivity index (χ2v) is 3.99. The Balaban J connectivity index is 2.16. The van der Waals surface area contributed by atoms with Crippen molar-refractivity contribution in [2.45, 2.75) is 12.8 Å². The van der Waals surface area contributed by atoms with Crippen LogP contribution in [-0.4, -0.2) is 26.9 Å². The molecule has 1 aromatic rings. The Labute approximate surface area is 94.5 Å². The summed E-state index contributed by atoms with van der Waals surface area (Å²) in [6.07, 6.45) is 2.16. The summed E-state index contributed by atoms with van der Waals surface area (Å²) in [4.78, 5) is 0. The summed E-state index contributed by atoms with van der Waals surface area (Å²) < 4.78 is 16.7. The van der Waals surface area contributed by atoms with Crippen LogP contribution in [0.25, 0.3) is 0 Å². The van der Waals surface area contributed by atoms with Crippen LogP contribution in [0.3, 0.4) is 0 Å². The Morgan fingerprint density at radius 3 is 3.06 bits per heavy atom. The zero-order valence-corrected chi connectivity index (χ0v) is 9.34. The average Bonchev–Trinajstić information content (AvgIpc) is 2.36. The van der Waals surface area contributed by atoms with Gasteiger partial charge in [-0.3, -0.25) is 0 Å². The van der Waals surface area contributed by atoms with Crippen molar-refractivity contribution < 1.29 is 14.2 Å². The molecule has 0 atom stereocenters. The van der Waals surface area contributed by atoms with Gasteiger partial charge >= 0.3 is 0 Å². The summed E-state index contributed by atoms with van der Waals surface area (Å²) in [7, 11) is 1.68. The van der Waals surface area contributed by atoms with Crippen molar-refractivity contribution in [2.75, 3.05) is 32.2 Å². The van der Waals surface area contributed by atoms with E-state index in [0.717, 1.165) is 42.3 Å². The molecule has 1 aromatic carbocycles. The normalized spacial score (nSPS) is 17.3. The molecule has 2 aliphatic heterocycles. The van der Waals surface area contributed by atoms with E-state index in [4.69, 9.17) is 14.2 Å². The van der Waals surface area contributed by atoms with Crippen molar-refractivity contribution in [1.29, 1.82) is 0 Å². The summed E-state index contributed by atoms with van der Waals surface area (Å²) in [5.74, 6) is 2.38. The second kappa shape index (κ2) is 3.77. The van der Waals surface area contributed by atoms with Gasteiger partial charge in [-0.05, 0) is 12.8 Å². The minimum Gasteiger partial charge on any atom is -0.492 e. The van der Waals surface area contributed by atoms with Gasteiger partial charge in [-0.15, -0.1) is 0 Å². The standard InChI is InChI=1S/C12H15NO3/c1-14-11-8-3-2-4-13-9(8)7-10-12(11)16-6-5-15-10/h7,13H,2-6H2,1H3. The first kappa shape index (κ1) is 9.63. The van der Waals surface area contributed by atoms with Crippen LogP contribution in [0.5, 0.6) is 17.2 Å². The Hall–Kier alpha value is -1.58. The highest BCUT2D eigenvalue weighted by Crippen LogP contribution is 2.46. The van der Waals surface area contributed by atoms with E-state index in [9.17, 15) is 0 Å². The SMILES string of the molecule is COc1c2c(cc3c1OCCO3)NCCC2. The van der Waals surface area contributed by atoms with Gasteiger partial charge in [-0.1, -0.05) is 0 Å². The first-order valence-corrected chi connectivity index (χ1v) is 5.63. The third kappa shape index (κ3) is 1.37. The van der Waals surface area contributed by atoms with E-state index in [2.05, 4.69) is 5.32 Å². The molecule has 2 heterocycles. The molecule has 0 radical (unpaired) electrons. The van der Waals surface area contributed by atoms with Gasteiger partial charge in [0.25, 0.3) is 0 Å². The molecule has 0 saturated carbocycles. The largest absolute Gasteiger partial charge is 0.492 e. The quantitative estimate of drug-likeness (QED) is 0.785. The maximum Gasteiger partial charge on any atom is 0.204 e. The molecule has 4 nitrogen and oxygen atoms in total. The third-order valence-corrected chi connectivity index (χ3v) is 3.02. The lowest BCUT2D eigenvalue weighted by atomic mass is 10.0. The van der Waals surface area contributed by atoms with Crippen LogP contribution in [0.4, 0.5) is 5.69 Å². The zero-order valence-electron chi connectivity index (χ0n) is 9.34. The highest BCUT2D eigenvalue weighted by atomic mass is 16.6. The Bertz CT molecular complexity index is 383. The van der Waals surface area contributed by atoms with Gasteiger partial charge in [0.15, 0.2) is 11.5 Å². The van der Waals surface area contributed by atoms with Gasteiger partial charge in [0.1, 0.15) is 13.2 Å². The molecule has 86 valence electrons. The molecule has 0 amide bonds. The molecular formula is C12H15NO3. The average molecular weight is 221 g/mol. The molecule has 0 saturated heterocycles. The van der Waals surface area contributed by atoms with Crippen LogP contribution in [0, 0.1) is 0 Å². The fraction of sp³-hybridized carbons (Fsp3) is 0.500. The summed E-state index contributed by atoms with van der Waals surface area (Å²) in [5, 5.41) is 3.37. The number of benzene rings is 1. The number of rotatable bonds is 1. The molecular weight excluding hydrogens is 206 g/mol. The first-order chi connectivity index (χ1) is 7.90. The molecule has 0 fully saturated rings. The van der Waals surface area contributed by atoms with E-state index in [0.29, 0.717) is 13.2 Å². The van der Waals surface area contributed by atoms with E-state index in [1.807, 2.05) is 6.07 Å². The van der Waals surface area contributed by atoms with Crippen LogP contribution in [0.15, 0.2) is 6.07 Å². The number of anilines is 1. The Morgan fingerprint density at radius 2 is 2.19 bits per heavy atom. The van der Waals surface area contributed by atoms with Gasteiger partial charge in [-0.25, -0.2) is 0 Å². The summed E-state index contributed by atoms with van der Waals surface area (Å²) in [5.41, 5.74) is 2.32. The molecule has 16 heavy (non-hydrogen) atoms. The molecule has 2 aliphatic rings. The molecule has 0 aromatic heterocycles. The van der Waals surface area contributed by atoms with Gasteiger partial charge in [-0.2, -0.15) is 0 Å². The van der Waals surface area contributed by atoms with Gasteiger partial charge in [0, 0.05) is 23.9 Å². The number of nitrogens with one attached hydrogen (secondary N) is 1. The minimum atomic E-state index is 0.593. The fourth-order valence-corrected chi connectivity index (χ4v) is 2.30. The van der Waals surface area contributed by atoms with Crippen LogP contribution >= 0.6 is 0 Å². The summed E-state index contributed by atoms with van der Waals surface area (Å²) in [6.45, 7) is 2.21. The van der Waals surface area contributed by atoms with Crippen molar-refractivity contribution >= 4 is 5.69 Å². The molecule has 0 aliphatic carbocycles. The number of methoxy groups -OCH3 is 1. The lowest BCUT2D eigenvalue weighted by Gasteiger charge is -2.26. The van der Waals surface area contributed by atoms with Crippen LogP contribution in [0.1, 0.15) is 12.0 Å². The molecule has 0 bridgehead atoms. The summed E-state index contributed by atoms with van der Waals surface area (Å²) in [6, 6.07) is 2.02. The molecule has 1 N–H and O–H groups in total. The lowest BCUT2D eigenvalue weighted by Crippen LogP contribution is -2.19. The number of ether oxygens (including phenoxy) is 3. The van der Waals surface area contributed by atoms with Gasteiger partial charge in [0.05, 0.1) is 7.11 Å². The van der Waals surface area contributed by atoms with Crippen LogP contribution in [0.2, 0.25) is 0 Å². The molecule has 0 unspecified atom stereocenters. The Morgan fingerprint density at radius 1 is 1.31 bits per heavy atom. The number of fused-ring (bicyclic) bond motifs is 2. The van der Waals surface area contributed by atoms with Crippen molar-refractivity contribution in [3.63, 3.8) is 0 Å². The highest BCUT2D eigenvalue weighted by molar-refractivity contribution is 5.70. The minimum absolute atomic E-state index is 0.593. The monoisotopic (exact) mass is 221 g/mol. The second-order valence-electron chi connectivity index (χ2n) is 3.99.